The van der Waals surface area contributed by atoms with Crippen LogP contribution >= 0.6 is 0 Å². The van der Waals surface area contributed by atoms with Gasteiger partial charge in [-0.05, 0) is 60.5 Å². The molecule has 0 bridgehead atoms. The second-order valence-electron chi connectivity index (χ2n) is 6.55. The fourth-order valence-corrected chi connectivity index (χ4v) is 3.21. The lowest BCUT2D eigenvalue weighted by Crippen LogP contribution is -1.98. The van der Waals surface area contributed by atoms with E-state index in [1.54, 1.807) is 18.6 Å². The van der Waals surface area contributed by atoms with Crippen molar-refractivity contribution in [3.8, 4) is 28.8 Å². The molecule has 0 radical (unpaired) electrons. The molecule has 5 aromatic rings. The second kappa shape index (κ2) is 7.41. The Morgan fingerprint density at radius 1 is 0.690 bits per heavy atom. The molecule has 0 atom stereocenters. The summed E-state index contributed by atoms with van der Waals surface area (Å²) in [5.74, 6) is 6.35. The minimum absolute atomic E-state index is 0.764. The lowest BCUT2D eigenvalue weighted by Gasteiger charge is -2.07. The fraction of sp³-hybridized carbons (Fsp3) is 0. The molecule has 0 aliphatic carbocycles. The van der Waals surface area contributed by atoms with Gasteiger partial charge in [-0.15, -0.1) is 0 Å². The van der Waals surface area contributed by atoms with E-state index in [1.165, 1.54) is 0 Å². The van der Waals surface area contributed by atoms with E-state index >= 15 is 0 Å². The molecule has 0 spiro atoms. The summed E-state index contributed by atoms with van der Waals surface area (Å²) in [4.78, 5) is 8.68. The molecule has 29 heavy (non-hydrogen) atoms. The quantitative estimate of drug-likeness (QED) is 0.415. The zero-order valence-electron chi connectivity index (χ0n) is 15.5. The Hall–Kier alpha value is -4.23. The highest BCUT2D eigenvalue weighted by atomic mass is 15.3. The molecule has 0 aliphatic heterocycles. The largest absolute Gasteiger partial charge is 0.265 e. The molecule has 3 aromatic heterocycles. The number of aromatic nitrogens is 4. The van der Waals surface area contributed by atoms with Gasteiger partial charge in [0.15, 0.2) is 0 Å². The number of fused-ring (bicyclic) bond motifs is 1. The molecule has 0 amide bonds. The average molecular weight is 372 g/mol. The lowest BCUT2D eigenvalue weighted by molar-refractivity contribution is 0.887. The van der Waals surface area contributed by atoms with Crippen molar-refractivity contribution in [2.24, 2.45) is 0 Å². The highest BCUT2D eigenvalue weighted by molar-refractivity contribution is 5.78. The smallest absolute Gasteiger partial charge is 0.114 e. The van der Waals surface area contributed by atoms with E-state index in [9.17, 15) is 0 Å². The maximum absolute atomic E-state index is 4.60. The minimum atomic E-state index is 0.764. The Kier molecular flexibility index (Phi) is 4.32. The number of hydrogen-bond acceptors (Lipinski definition) is 3. The summed E-state index contributed by atoms with van der Waals surface area (Å²) < 4.78 is 1.91. The van der Waals surface area contributed by atoms with Crippen LogP contribution in [0, 0.1) is 11.8 Å². The summed E-state index contributed by atoms with van der Waals surface area (Å²) in [6, 6.07) is 26.0. The second-order valence-corrected chi connectivity index (χ2v) is 6.55. The lowest BCUT2D eigenvalue weighted by atomic mass is 10.1. The van der Waals surface area contributed by atoms with E-state index in [-0.39, 0.29) is 0 Å². The highest BCUT2D eigenvalue weighted by Gasteiger charge is 2.07. The van der Waals surface area contributed by atoms with Gasteiger partial charge in [-0.1, -0.05) is 30.2 Å². The minimum Gasteiger partial charge on any atom is -0.265 e. The number of benzene rings is 2. The SMILES string of the molecule is C(#Cc1ccc2ccccc2n1)c1ccc(-n2nccc2-c2ccncc2)cc1. The Balaban J connectivity index is 1.42. The summed E-state index contributed by atoms with van der Waals surface area (Å²) >= 11 is 0. The zero-order valence-corrected chi connectivity index (χ0v) is 15.5. The first-order valence-electron chi connectivity index (χ1n) is 9.29. The average Bonchev–Trinajstić information content (AvgIpc) is 3.28. The van der Waals surface area contributed by atoms with E-state index in [4.69, 9.17) is 0 Å². The van der Waals surface area contributed by atoms with Gasteiger partial charge in [-0.2, -0.15) is 5.10 Å². The normalized spacial score (nSPS) is 10.5. The third kappa shape index (κ3) is 3.50. The van der Waals surface area contributed by atoms with Crippen LogP contribution in [0.2, 0.25) is 0 Å². The Labute approximate surface area is 168 Å². The number of para-hydroxylation sites is 1. The Morgan fingerprint density at radius 2 is 1.52 bits per heavy atom. The molecule has 3 heterocycles. The van der Waals surface area contributed by atoms with Gasteiger partial charge in [-0.25, -0.2) is 9.67 Å². The van der Waals surface area contributed by atoms with Gasteiger partial charge in [-0.3, -0.25) is 4.98 Å². The van der Waals surface area contributed by atoms with Gasteiger partial charge in [0, 0.05) is 28.9 Å². The van der Waals surface area contributed by atoms with Crippen molar-refractivity contribution in [1.82, 2.24) is 19.7 Å². The monoisotopic (exact) mass is 372 g/mol. The van der Waals surface area contributed by atoms with Crippen molar-refractivity contribution in [3.63, 3.8) is 0 Å². The van der Waals surface area contributed by atoms with Gasteiger partial charge in [0.2, 0.25) is 0 Å². The first-order valence-corrected chi connectivity index (χ1v) is 9.29. The van der Waals surface area contributed by atoms with E-state index in [1.807, 2.05) is 83.5 Å². The maximum atomic E-state index is 4.60. The van der Waals surface area contributed by atoms with Crippen LogP contribution in [0.4, 0.5) is 0 Å². The number of rotatable bonds is 2. The summed E-state index contributed by atoms with van der Waals surface area (Å²) in [5, 5.41) is 5.58. The third-order valence-corrected chi connectivity index (χ3v) is 4.66. The van der Waals surface area contributed by atoms with Gasteiger partial charge in [0.25, 0.3) is 0 Å². The third-order valence-electron chi connectivity index (χ3n) is 4.66. The molecule has 0 unspecified atom stereocenters. The molecule has 5 rings (SSSR count). The first kappa shape index (κ1) is 16.9. The standard InChI is InChI=1S/C25H16N4/c1-2-4-24-20(3-1)8-10-22(28-24)9-5-19-6-11-23(12-7-19)29-25(15-18-27-29)21-13-16-26-17-14-21/h1-4,6-8,10-18H. The zero-order chi connectivity index (χ0) is 19.5. The molecule has 0 N–H and O–H groups in total. The summed E-state index contributed by atoms with van der Waals surface area (Å²) in [6.45, 7) is 0. The Morgan fingerprint density at radius 3 is 2.38 bits per heavy atom. The van der Waals surface area contributed by atoms with Gasteiger partial charge in [0.05, 0.1) is 23.1 Å². The molecule has 0 aliphatic rings. The van der Waals surface area contributed by atoms with Crippen molar-refractivity contribution in [2.75, 3.05) is 0 Å². The van der Waals surface area contributed by atoms with Crippen molar-refractivity contribution >= 4 is 10.9 Å². The highest BCUT2D eigenvalue weighted by Crippen LogP contribution is 2.21. The van der Waals surface area contributed by atoms with Crippen molar-refractivity contribution < 1.29 is 0 Å². The predicted octanol–water partition coefficient (Wildman–Crippen LogP) is 4.88. The van der Waals surface area contributed by atoms with E-state index in [0.29, 0.717) is 0 Å². The van der Waals surface area contributed by atoms with E-state index in [0.717, 1.165) is 39.1 Å². The molecular formula is C25H16N4. The molecular weight excluding hydrogens is 356 g/mol. The number of nitrogens with zero attached hydrogens (tertiary/aromatic N) is 4. The molecule has 0 fully saturated rings. The van der Waals surface area contributed by atoms with Crippen molar-refractivity contribution in [2.45, 2.75) is 0 Å². The molecule has 2 aromatic carbocycles. The molecule has 0 saturated heterocycles. The Bertz CT molecular complexity index is 1340. The van der Waals surface area contributed by atoms with Crippen molar-refractivity contribution in [1.29, 1.82) is 0 Å². The molecule has 4 nitrogen and oxygen atoms in total. The number of hydrogen-bond donors (Lipinski definition) is 0. The van der Waals surface area contributed by atoms with Gasteiger partial charge < -0.3 is 0 Å². The van der Waals surface area contributed by atoms with Crippen LogP contribution in [0.25, 0.3) is 27.8 Å². The van der Waals surface area contributed by atoms with Crippen LogP contribution in [0.1, 0.15) is 11.3 Å². The van der Waals surface area contributed by atoms with Crippen LogP contribution in [-0.2, 0) is 0 Å². The number of pyridine rings is 2. The first-order chi connectivity index (χ1) is 14.4. The summed E-state index contributed by atoms with van der Waals surface area (Å²) in [6.07, 6.45) is 5.37. The van der Waals surface area contributed by atoms with E-state index in [2.05, 4.69) is 26.9 Å². The predicted molar refractivity (Wildman–Crippen MR) is 115 cm³/mol. The van der Waals surface area contributed by atoms with Crippen LogP contribution in [0.3, 0.4) is 0 Å². The van der Waals surface area contributed by atoms with Crippen molar-refractivity contribution in [3.05, 3.63) is 109 Å². The summed E-state index contributed by atoms with van der Waals surface area (Å²) in [5.41, 5.74) is 5.73. The van der Waals surface area contributed by atoms with Crippen LogP contribution in [-0.4, -0.2) is 19.7 Å². The maximum Gasteiger partial charge on any atom is 0.114 e. The molecule has 136 valence electrons. The van der Waals surface area contributed by atoms with Crippen LogP contribution in [0.5, 0.6) is 0 Å². The summed E-state index contributed by atoms with van der Waals surface area (Å²) in [7, 11) is 0. The van der Waals surface area contributed by atoms with E-state index < -0.39 is 0 Å². The molecule has 4 heteroatoms. The fourth-order valence-electron chi connectivity index (χ4n) is 3.21. The van der Waals surface area contributed by atoms with Gasteiger partial charge in [0.1, 0.15) is 5.69 Å². The topological polar surface area (TPSA) is 43.6 Å². The van der Waals surface area contributed by atoms with Gasteiger partial charge >= 0.3 is 0 Å². The van der Waals surface area contributed by atoms with Crippen LogP contribution < -0.4 is 0 Å². The molecule has 0 saturated carbocycles. The van der Waals surface area contributed by atoms with Crippen LogP contribution in [0.15, 0.2) is 97.5 Å².